The number of alkyl halides is 2. The van der Waals surface area contributed by atoms with Gasteiger partial charge in [-0.1, -0.05) is 158 Å². The normalized spacial score (nSPS) is 11.9. The molecule has 0 spiro atoms. The summed E-state index contributed by atoms with van der Waals surface area (Å²) < 4.78 is 3.14. The van der Waals surface area contributed by atoms with Gasteiger partial charge in [0.2, 0.25) is 0 Å². The van der Waals surface area contributed by atoms with E-state index in [9.17, 15) is 19.8 Å². The predicted octanol–water partition coefficient (Wildman–Crippen LogP) is 12.4. The number of fused-ring (bicyclic) bond motifs is 2. The fourth-order valence-corrected chi connectivity index (χ4v) is 8.74. The van der Waals surface area contributed by atoms with E-state index in [1.807, 2.05) is 196 Å². The number of H-pyrrole nitrogens is 2. The predicted molar refractivity (Wildman–Crippen MR) is 265 cm³/mol. The topological polar surface area (TPSA) is 116 Å². The highest BCUT2D eigenvalue weighted by atomic mass is 35.5. The first kappa shape index (κ1) is 44.1. The number of nitrogens with one attached hydrogen (secondary N) is 2. The van der Waals surface area contributed by atoms with E-state index >= 15 is 0 Å². The number of phenolic OH excluding ortho intramolecular Hbond substituents is 2. The number of halogens is 2. The molecule has 10 heteroatoms. The van der Waals surface area contributed by atoms with Gasteiger partial charge in [-0.3, -0.25) is 19.8 Å². The molecule has 8 aromatic carbocycles. The zero-order valence-corrected chi connectivity index (χ0v) is 37.2. The minimum absolute atomic E-state index is 0.120. The number of aromatic hydroxyl groups is 2. The Morgan fingerprint density at radius 1 is 0.431 bits per heavy atom. The quantitative estimate of drug-likeness (QED) is 0.114. The van der Waals surface area contributed by atoms with E-state index in [0.29, 0.717) is 11.1 Å². The lowest BCUT2D eigenvalue weighted by Gasteiger charge is -2.20. The molecule has 65 heavy (non-hydrogen) atoms. The molecule has 8 nitrogen and oxygen atoms in total. The third-order valence-electron chi connectivity index (χ3n) is 11.6. The molecule has 0 saturated carbocycles. The summed E-state index contributed by atoms with van der Waals surface area (Å²) in [5.74, 6) is -0.473. The number of hydrogen-bond donors (Lipinski definition) is 4. The van der Waals surface area contributed by atoms with Crippen LogP contribution in [0.25, 0.3) is 32.9 Å². The molecule has 2 atom stereocenters. The van der Waals surface area contributed by atoms with Gasteiger partial charge in [0.15, 0.2) is 0 Å². The molecule has 10 rings (SSSR count). The largest absolute Gasteiger partial charge is 0.508 e. The van der Waals surface area contributed by atoms with E-state index in [2.05, 4.69) is 10.2 Å². The molecular weight excluding hydrogens is 852 g/mol. The van der Waals surface area contributed by atoms with Crippen molar-refractivity contribution in [1.82, 2.24) is 19.6 Å². The number of phenols is 2. The fourth-order valence-electron chi connectivity index (χ4n) is 8.74. The third kappa shape index (κ3) is 9.00. The van der Waals surface area contributed by atoms with Crippen LogP contribution in [0.5, 0.6) is 11.5 Å². The Hall–Kier alpha value is -7.52. The second-order valence-electron chi connectivity index (χ2n) is 15.5. The van der Waals surface area contributed by atoms with E-state index < -0.39 is 11.8 Å². The fraction of sp³-hybridized carbons (Fsp3) is 0.0909. The van der Waals surface area contributed by atoms with E-state index in [4.69, 9.17) is 23.2 Å². The van der Waals surface area contributed by atoms with Crippen LogP contribution >= 0.6 is 23.2 Å². The summed E-state index contributed by atoms with van der Waals surface area (Å²) in [6.07, 6.45) is 0. The summed E-state index contributed by atoms with van der Waals surface area (Å²) >= 11 is 9.53. The van der Waals surface area contributed by atoms with Gasteiger partial charge in [-0.15, -0.1) is 23.2 Å². The summed E-state index contributed by atoms with van der Waals surface area (Å²) in [6, 6.07) is 62.0. The van der Waals surface area contributed by atoms with Gasteiger partial charge in [-0.05, 0) is 82.9 Å². The Morgan fingerprint density at radius 2 is 0.738 bits per heavy atom. The Kier molecular flexibility index (Phi) is 13.5. The lowest BCUT2D eigenvalue weighted by molar-refractivity contribution is 0.468. The molecule has 324 valence electrons. The van der Waals surface area contributed by atoms with Crippen molar-refractivity contribution in [2.45, 2.75) is 25.7 Å². The van der Waals surface area contributed by atoms with Gasteiger partial charge in [0.1, 0.15) is 11.5 Å². The summed E-state index contributed by atoms with van der Waals surface area (Å²) in [6.45, 7) is 3.82. The zero-order valence-electron chi connectivity index (χ0n) is 35.7. The smallest absolute Gasteiger partial charge is 0.275 e. The van der Waals surface area contributed by atoms with Gasteiger partial charge in [0.05, 0.1) is 27.8 Å². The summed E-state index contributed by atoms with van der Waals surface area (Å²) in [5, 5.41) is 32.6. The van der Waals surface area contributed by atoms with Gasteiger partial charge in [-0.25, -0.2) is 9.36 Å². The Labute approximate surface area is 386 Å². The van der Waals surface area contributed by atoms with Gasteiger partial charge in [-0.2, -0.15) is 0 Å². The number of nitrogens with zero attached hydrogens (tertiary/aromatic N) is 2. The maximum Gasteiger partial charge on any atom is 0.275 e. The van der Waals surface area contributed by atoms with Crippen molar-refractivity contribution in [3.63, 3.8) is 0 Å². The number of aryl methyl sites for hydroxylation is 2. The zero-order chi connectivity index (χ0) is 45.5. The molecular formula is C55H46Cl2N4O4. The maximum absolute atomic E-state index is 13.7. The van der Waals surface area contributed by atoms with Crippen LogP contribution < -0.4 is 11.1 Å². The Bertz CT molecular complexity index is 3090. The number of hydrogen-bond acceptors (Lipinski definition) is 4. The summed E-state index contributed by atoms with van der Waals surface area (Å²) in [5.41, 5.74) is 7.49. The Balaban J connectivity index is 0.000000167. The van der Waals surface area contributed by atoms with Gasteiger partial charge >= 0.3 is 0 Å². The van der Waals surface area contributed by atoms with Crippen LogP contribution in [-0.2, 0) is 0 Å². The van der Waals surface area contributed by atoms with Gasteiger partial charge < -0.3 is 10.2 Å². The van der Waals surface area contributed by atoms with Crippen molar-refractivity contribution in [3.8, 4) is 22.9 Å². The van der Waals surface area contributed by atoms with Crippen molar-refractivity contribution in [1.29, 1.82) is 0 Å². The van der Waals surface area contributed by atoms with Crippen molar-refractivity contribution in [2.24, 2.45) is 0 Å². The van der Waals surface area contributed by atoms with Gasteiger partial charge in [0.25, 0.3) is 11.1 Å². The van der Waals surface area contributed by atoms with Crippen molar-refractivity contribution < 1.29 is 10.2 Å². The SMILES string of the molecule is Cc1[nH]n(-c2ccccc2)c(=O)c1[C@@H](c1ccccc1)c1c(O)ccc2ccccc12.Cc1[nH]n(-c2ccccc2)c(=O)c1[C@@H](c1ccccc1)c1c(O)ccc2ccccc12.ClCCl. The van der Waals surface area contributed by atoms with E-state index in [1.54, 1.807) is 21.5 Å². The van der Waals surface area contributed by atoms with Gasteiger partial charge in [0, 0.05) is 34.4 Å². The second-order valence-corrected chi connectivity index (χ2v) is 16.3. The van der Waals surface area contributed by atoms with Crippen molar-refractivity contribution in [2.75, 3.05) is 5.34 Å². The minimum Gasteiger partial charge on any atom is -0.508 e. The summed E-state index contributed by atoms with van der Waals surface area (Å²) in [4.78, 5) is 27.4. The van der Waals surface area contributed by atoms with Crippen LogP contribution in [0.15, 0.2) is 204 Å². The first-order valence-corrected chi connectivity index (χ1v) is 22.2. The number of aromatic amines is 2. The molecule has 4 N–H and O–H groups in total. The first-order chi connectivity index (χ1) is 31.7. The van der Waals surface area contributed by atoms with E-state index in [0.717, 1.165) is 66.6 Å². The van der Waals surface area contributed by atoms with Crippen LogP contribution in [-0.4, -0.2) is 35.1 Å². The molecule has 0 aliphatic carbocycles. The second kappa shape index (κ2) is 19.9. The highest BCUT2D eigenvalue weighted by Gasteiger charge is 2.30. The molecule has 10 aromatic rings. The van der Waals surface area contributed by atoms with Crippen LogP contribution in [0.2, 0.25) is 0 Å². The molecule has 0 aliphatic rings. The molecule has 0 saturated heterocycles. The van der Waals surface area contributed by atoms with Crippen LogP contribution in [0, 0.1) is 13.8 Å². The molecule has 0 bridgehead atoms. The maximum atomic E-state index is 13.7. The molecule has 2 aromatic heterocycles. The van der Waals surface area contributed by atoms with Crippen LogP contribution in [0.4, 0.5) is 0 Å². The average molecular weight is 898 g/mol. The molecule has 0 aliphatic heterocycles. The molecule has 0 fully saturated rings. The lowest BCUT2D eigenvalue weighted by atomic mass is 9.82. The average Bonchev–Trinajstić information content (AvgIpc) is 3.81. The molecule has 0 radical (unpaired) electrons. The summed E-state index contributed by atoms with van der Waals surface area (Å²) in [7, 11) is 0. The highest BCUT2D eigenvalue weighted by molar-refractivity contribution is 6.40. The first-order valence-electron chi connectivity index (χ1n) is 21.1. The molecule has 0 unspecified atom stereocenters. The van der Waals surface area contributed by atoms with Crippen molar-refractivity contribution >= 4 is 44.7 Å². The van der Waals surface area contributed by atoms with Crippen LogP contribution in [0.3, 0.4) is 0 Å². The highest BCUT2D eigenvalue weighted by Crippen LogP contribution is 2.42. The lowest BCUT2D eigenvalue weighted by Crippen LogP contribution is -2.20. The Morgan fingerprint density at radius 3 is 1.09 bits per heavy atom. The van der Waals surface area contributed by atoms with Crippen molar-refractivity contribution in [3.05, 3.63) is 260 Å². The minimum atomic E-state index is -0.416. The molecule has 0 amide bonds. The monoisotopic (exact) mass is 896 g/mol. The third-order valence-corrected chi connectivity index (χ3v) is 11.6. The number of rotatable bonds is 8. The standard InChI is InChI=1S/2C27H22N2O2.CH2Cl2/c2*1-18-24(27(31)29(28-18)21-13-6-3-7-14-21)25(20-11-4-2-5-12-20)26-22-15-9-8-10-19(22)16-17-23(26)30;2-1-3/h2*2-17,25,28,30H,1H3;1H2/t2*25-;/m11./s1. The number of benzene rings is 8. The van der Waals surface area contributed by atoms with E-state index in [1.165, 1.54) is 0 Å². The number of para-hydroxylation sites is 2. The molecule has 2 heterocycles. The number of aromatic nitrogens is 4. The van der Waals surface area contributed by atoms with E-state index in [-0.39, 0.29) is 28.0 Å². The van der Waals surface area contributed by atoms with Crippen LogP contribution in [0.1, 0.15) is 56.6 Å².